The minimum absolute atomic E-state index is 0.359. The maximum Gasteiger partial charge on any atom is 0.365 e. The van der Waals surface area contributed by atoms with E-state index in [9.17, 15) is 4.79 Å². The highest BCUT2D eigenvalue weighted by atomic mass is 16.7. The second kappa shape index (κ2) is 4.92. The van der Waals surface area contributed by atoms with Gasteiger partial charge >= 0.3 is 5.97 Å². The normalized spacial score (nSPS) is 28.3. The molecule has 1 aromatic carbocycles. The van der Waals surface area contributed by atoms with Crippen molar-refractivity contribution < 1.29 is 9.63 Å². The van der Waals surface area contributed by atoms with Crippen molar-refractivity contribution in [3.63, 3.8) is 0 Å². The van der Waals surface area contributed by atoms with Crippen LogP contribution in [0.1, 0.15) is 42.5 Å². The molecule has 0 aliphatic heterocycles. The van der Waals surface area contributed by atoms with E-state index in [1.165, 1.54) is 25.7 Å². The molecule has 2 atom stereocenters. The Morgan fingerprint density at radius 3 is 2.72 bits per heavy atom. The molecule has 0 bridgehead atoms. The molecule has 94 valence electrons. The van der Waals surface area contributed by atoms with E-state index in [0.717, 1.165) is 18.1 Å². The summed E-state index contributed by atoms with van der Waals surface area (Å²) in [6.07, 6.45) is 6.18. The van der Waals surface area contributed by atoms with Crippen molar-refractivity contribution in [1.82, 2.24) is 0 Å². The quantitative estimate of drug-likeness (QED) is 0.589. The van der Waals surface area contributed by atoms with Gasteiger partial charge in [0.05, 0.1) is 11.3 Å². The molecule has 2 aliphatic rings. The molecule has 2 fully saturated rings. The lowest BCUT2D eigenvalue weighted by Gasteiger charge is -2.41. The number of hydrogen-bond acceptors (Lipinski definition) is 3. The summed E-state index contributed by atoms with van der Waals surface area (Å²) in [5.41, 5.74) is 1.64. The Morgan fingerprint density at radius 2 is 1.94 bits per heavy atom. The molecular formula is C15H17NO2. The summed E-state index contributed by atoms with van der Waals surface area (Å²) in [6.45, 7) is 0. The van der Waals surface area contributed by atoms with E-state index >= 15 is 0 Å². The molecular weight excluding hydrogens is 226 g/mol. The molecule has 0 spiro atoms. The molecule has 2 unspecified atom stereocenters. The lowest BCUT2D eigenvalue weighted by molar-refractivity contribution is 0.0502. The van der Waals surface area contributed by atoms with Gasteiger partial charge < -0.3 is 4.84 Å². The zero-order valence-corrected chi connectivity index (χ0v) is 10.3. The zero-order valence-electron chi connectivity index (χ0n) is 10.3. The van der Waals surface area contributed by atoms with Crippen LogP contribution in [-0.4, -0.2) is 11.7 Å². The van der Waals surface area contributed by atoms with Crippen LogP contribution in [0.4, 0.5) is 0 Å². The summed E-state index contributed by atoms with van der Waals surface area (Å²) in [4.78, 5) is 16.7. The van der Waals surface area contributed by atoms with E-state index in [2.05, 4.69) is 5.16 Å². The second-order valence-electron chi connectivity index (χ2n) is 5.18. The first-order valence-electron chi connectivity index (χ1n) is 6.68. The maximum atomic E-state index is 11.7. The molecule has 0 radical (unpaired) electrons. The molecule has 0 aromatic heterocycles. The van der Waals surface area contributed by atoms with E-state index in [1.54, 1.807) is 12.1 Å². The molecule has 0 heterocycles. The molecule has 1 aromatic rings. The summed E-state index contributed by atoms with van der Waals surface area (Å²) in [6, 6.07) is 9.01. The molecule has 0 saturated heterocycles. The monoisotopic (exact) mass is 243 g/mol. The van der Waals surface area contributed by atoms with Crippen LogP contribution >= 0.6 is 0 Å². The van der Waals surface area contributed by atoms with Gasteiger partial charge in [0, 0.05) is 5.92 Å². The van der Waals surface area contributed by atoms with E-state index < -0.39 is 0 Å². The number of hydrogen-bond donors (Lipinski definition) is 0. The largest absolute Gasteiger partial charge is 0.365 e. The van der Waals surface area contributed by atoms with Crippen LogP contribution < -0.4 is 0 Å². The van der Waals surface area contributed by atoms with Crippen LogP contribution in [0.5, 0.6) is 0 Å². The number of benzene rings is 1. The Balaban J connectivity index is 1.60. The average Bonchev–Trinajstić information content (AvgIpc) is 2.40. The number of carbonyl (C=O) groups excluding carboxylic acids is 1. The van der Waals surface area contributed by atoms with E-state index in [1.807, 2.05) is 18.2 Å². The van der Waals surface area contributed by atoms with Crippen LogP contribution in [0.2, 0.25) is 0 Å². The molecule has 2 aliphatic carbocycles. The first-order chi connectivity index (χ1) is 8.84. The van der Waals surface area contributed by atoms with Crippen molar-refractivity contribution in [3.05, 3.63) is 35.9 Å². The summed E-state index contributed by atoms with van der Waals surface area (Å²) in [5, 5.41) is 4.06. The fraction of sp³-hybridized carbons (Fsp3) is 0.467. The van der Waals surface area contributed by atoms with Gasteiger partial charge in [0.1, 0.15) is 0 Å². The van der Waals surface area contributed by atoms with Gasteiger partial charge in [-0.2, -0.15) is 0 Å². The maximum absolute atomic E-state index is 11.7. The molecule has 2 saturated carbocycles. The van der Waals surface area contributed by atoms with Crippen LogP contribution in [0.3, 0.4) is 0 Å². The lowest BCUT2D eigenvalue weighted by atomic mass is 9.64. The standard InChI is InChI=1S/C15H17NO2/c17-15(11-6-2-1-3-7-11)18-16-14-10-12-8-4-5-9-13(12)14/h1-3,6-7,12-13H,4-5,8-10H2/b16-14+. The predicted octanol–water partition coefficient (Wildman–Crippen LogP) is 3.41. The van der Waals surface area contributed by atoms with Crippen LogP contribution in [0.25, 0.3) is 0 Å². The Hall–Kier alpha value is -1.64. The van der Waals surface area contributed by atoms with Crippen molar-refractivity contribution in [2.75, 3.05) is 0 Å². The van der Waals surface area contributed by atoms with Gasteiger partial charge in [0.15, 0.2) is 0 Å². The fourth-order valence-corrected chi connectivity index (χ4v) is 2.98. The van der Waals surface area contributed by atoms with Gasteiger partial charge in [-0.3, -0.25) is 0 Å². The SMILES string of the molecule is O=C(O/N=C1\CC2CCCCC12)c1ccccc1. The molecule has 3 nitrogen and oxygen atoms in total. The summed E-state index contributed by atoms with van der Waals surface area (Å²) >= 11 is 0. The highest BCUT2D eigenvalue weighted by Gasteiger charge is 2.39. The zero-order chi connectivity index (χ0) is 12.4. The van der Waals surface area contributed by atoms with Gasteiger partial charge in [-0.1, -0.05) is 36.2 Å². The topological polar surface area (TPSA) is 38.7 Å². The van der Waals surface area contributed by atoms with Crippen molar-refractivity contribution in [2.45, 2.75) is 32.1 Å². The number of oxime groups is 1. The number of fused-ring (bicyclic) bond motifs is 1. The van der Waals surface area contributed by atoms with Gasteiger partial charge in [-0.25, -0.2) is 4.79 Å². The van der Waals surface area contributed by atoms with Crippen LogP contribution in [-0.2, 0) is 4.84 Å². The summed E-state index contributed by atoms with van der Waals surface area (Å²) < 4.78 is 0. The Morgan fingerprint density at radius 1 is 1.17 bits per heavy atom. The highest BCUT2D eigenvalue weighted by molar-refractivity contribution is 5.94. The Labute approximate surface area is 107 Å². The minimum atomic E-state index is -0.359. The smallest absolute Gasteiger partial charge is 0.313 e. The Bertz CT molecular complexity index is 467. The first-order valence-corrected chi connectivity index (χ1v) is 6.68. The fourth-order valence-electron chi connectivity index (χ4n) is 2.98. The first kappa shape index (κ1) is 11.5. The van der Waals surface area contributed by atoms with Crippen molar-refractivity contribution in [2.24, 2.45) is 17.0 Å². The van der Waals surface area contributed by atoms with Crippen molar-refractivity contribution in [1.29, 1.82) is 0 Å². The molecule has 18 heavy (non-hydrogen) atoms. The minimum Gasteiger partial charge on any atom is -0.313 e. The van der Waals surface area contributed by atoms with E-state index in [-0.39, 0.29) is 5.97 Å². The molecule has 3 heteroatoms. The van der Waals surface area contributed by atoms with Gasteiger partial charge in [-0.15, -0.1) is 0 Å². The van der Waals surface area contributed by atoms with E-state index in [4.69, 9.17) is 4.84 Å². The molecule has 0 amide bonds. The highest BCUT2D eigenvalue weighted by Crippen LogP contribution is 2.42. The third-order valence-electron chi connectivity index (χ3n) is 4.06. The van der Waals surface area contributed by atoms with Crippen LogP contribution in [0.15, 0.2) is 35.5 Å². The van der Waals surface area contributed by atoms with Gasteiger partial charge in [0.25, 0.3) is 0 Å². The van der Waals surface area contributed by atoms with Crippen LogP contribution in [0, 0.1) is 11.8 Å². The summed E-state index contributed by atoms with van der Waals surface area (Å²) in [5.74, 6) is 1.03. The third-order valence-corrected chi connectivity index (χ3v) is 4.06. The average molecular weight is 243 g/mol. The number of rotatable bonds is 2. The molecule has 0 N–H and O–H groups in total. The lowest BCUT2D eigenvalue weighted by Crippen LogP contribution is -2.39. The van der Waals surface area contributed by atoms with Crippen molar-refractivity contribution in [3.8, 4) is 0 Å². The Kier molecular flexibility index (Phi) is 3.13. The predicted molar refractivity (Wildman–Crippen MR) is 69.4 cm³/mol. The third kappa shape index (κ3) is 2.17. The second-order valence-corrected chi connectivity index (χ2v) is 5.18. The molecule has 3 rings (SSSR count). The number of carbonyl (C=O) groups is 1. The van der Waals surface area contributed by atoms with Gasteiger partial charge in [-0.05, 0) is 37.3 Å². The number of nitrogens with zero attached hydrogens (tertiary/aromatic N) is 1. The van der Waals surface area contributed by atoms with E-state index in [0.29, 0.717) is 11.5 Å². The van der Waals surface area contributed by atoms with Gasteiger partial charge in [0.2, 0.25) is 0 Å². The van der Waals surface area contributed by atoms with Crippen molar-refractivity contribution >= 4 is 11.7 Å². The summed E-state index contributed by atoms with van der Waals surface area (Å²) in [7, 11) is 0.